The van der Waals surface area contributed by atoms with Crippen molar-refractivity contribution in [2.45, 2.75) is 64.1 Å². The Hall–Kier alpha value is -4.50. The maximum Gasteiger partial charge on any atom is 0.123 e. The lowest BCUT2D eigenvalue weighted by Crippen LogP contribution is -2.31. The van der Waals surface area contributed by atoms with Gasteiger partial charge in [-0.25, -0.2) is 9.07 Å². The number of hydrogen-bond donors (Lipinski definition) is 2. The molecular formula is C30H29FN8. The van der Waals surface area contributed by atoms with Crippen molar-refractivity contribution in [2.75, 3.05) is 10.6 Å². The normalized spacial score (nSPS) is 20.0. The van der Waals surface area contributed by atoms with Gasteiger partial charge in [0.2, 0.25) is 0 Å². The van der Waals surface area contributed by atoms with Crippen LogP contribution in [0.1, 0.15) is 81.8 Å². The number of benzene rings is 2. The van der Waals surface area contributed by atoms with Crippen molar-refractivity contribution in [1.29, 1.82) is 10.5 Å². The lowest BCUT2D eigenvalue weighted by atomic mass is 9.87. The molecule has 0 radical (unpaired) electrons. The standard InChI is InChI=1S/C30H29FN8/c1-30(2)11-3-4-26(30)36-28-20(15-33)16-34-27-19(14-32)12-22(13-24(27)28)35-29(18-5-7-21(31)8-6-18)25-17-39(38-37-25)23-9-10-23/h5-8,12-13,16-17,23,26,29,35H,3-4,9-11H2,1-2H3,(H,34,36)/t26?,29-/m1/s1/i29D. The van der Waals surface area contributed by atoms with Gasteiger partial charge in [0, 0.05) is 23.3 Å². The smallest absolute Gasteiger partial charge is 0.123 e. The molecule has 0 bridgehead atoms. The van der Waals surface area contributed by atoms with E-state index in [2.05, 4.69) is 51.9 Å². The molecule has 39 heavy (non-hydrogen) atoms. The van der Waals surface area contributed by atoms with Crippen molar-refractivity contribution in [1.82, 2.24) is 20.0 Å². The first-order valence-electron chi connectivity index (χ1n) is 13.7. The van der Waals surface area contributed by atoms with Crippen LogP contribution in [-0.2, 0) is 0 Å². The molecule has 2 aliphatic rings. The molecule has 2 fully saturated rings. The van der Waals surface area contributed by atoms with E-state index in [1.807, 2.05) is 6.07 Å². The summed E-state index contributed by atoms with van der Waals surface area (Å²) < 4.78 is 25.2. The maximum atomic E-state index is 13.8. The monoisotopic (exact) mass is 521 g/mol. The Kier molecular flexibility index (Phi) is 5.85. The molecule has 2 heterocycles. The van der Waals surface area contributed by atoms with Crippen LogP contribution >= 0.6 is 0 Å². The summed E-state index contributed by atoms with van der Waals surface area (Å²) in [6.45, 7) is 4.43. The number of fused-ring (bicyclic) bond motifs is 1. The molecule has 8 nitrogen and oxygen atoms in total. The number of nitrogens with zero attached hydrogens (tertiary/aromatic N) is 6. The molecule has 0 amide bonds. The van der Waals surface area contributed by atoms with E-state index in [1.54, 1.807) is 29.1 Å². The van der Waals surface area contributed by atoms with Gasteiger partial charge >= 0.3 is 0 Å². The molecule has 2 aliphatic carbocycles. The molecule has 0 spiro atoms. The van der Waals surface area contributed by atoms with Crippen molar-refractivity contribution in [3.8, 4) is 12.1 Å². The maximum absolute atomic E-state index is 13.8. The van der Waals surface area contributed by atoms with Crippen molar-refractivity contribution in [2.24, 2.45) is 5.41 Å². The summed E-state index contributed by atoms with van der Waals surface area (Å²) in [6, 6.07) is 12.4. The van der Waals surface area contributed by atoms with E-state index in [4.69, 9.17) is 0 Å². The summed E-state index contributed by atoms with van der Waals surface area (Å²) in [6.07, 6.45) is 8.41. The number of nitrogens with one attached hydrogen (secondary N) is 2. The predicted octanol–water partition coefficient (Wildman–Crippen LogP) is 6.24. The van der Waals surface area contributed by atoms with Crippen LogP contribution in [0.3, 0.4) is 0 Å². The fourth-order valence-electron chi connectivity index (χ4n) is 5.42. The van der Waals surface area contributed by atoms with Crippen molar-refractivity contribution in [3.63, 3.8) is 0 Å². The minimum atomic E-state index is -1.64. The van der Waals surface area contributed by atoms with Crippen LogP contribution in [0.5, 0.6) is 0 Å². The number of rotatable bonds is 7. The minimum absolute atomic E-state index is 0.0442. The van der Waals surface area contributed by atoms with Crippen LogP contribution in [0.15, 0.2) is 48.8 Å². The highest BCUT2D eigenvalue weighted by Gasteiger charge is 2.35. The Morgan fingerprint density at radius 3 is 2.56 bits per heavy atom. The van der Waals surface area contributed by atoms with Crippen LogP contribution in [0.2, 0.25) is 0 Å². The lowest BCUT2D eigenvalue weighted by molar-refractivity contribution is 0.350. The van der Waals surface area contributed by atoms with Gasteiger partial charge in [-0.1, -0.05) is 37.6 Å². The van der Waals surface area contributed by atoms with Gasteiger partial charge < -0.3 is 10.6 Å². The van der Waals surface area contributed by atoms with Crippen molar-refractivity contribution in [3.05, 3.63) is 77.0 Å². The molecule has 196 valence electrons. The zero-order valence-electron chi connectivity index (χ0n) is 22.9. The third kappa shape index (κ3) is 4.77. The quantitative estimate of drug-likeness (QED) is 0.296. The summed E-state index contributed by atoms with van der Waals surface area (Å²) in [7, 11) is 0. The number of anilines is 2. The van der Waals surface area contributed by atoms with Gasteiger partial charge in [0.1, 0.15) is 23.6 Å². The van der Waals surface area contributed by atoms with Gasteiger partial charge in [0.05, 0.1) is 42.0 Å². The number of pyridine rings is 1. The van der Waals surface area contributed by atoms with Crippen LogP contribution in [0.4, 0.5) is 15.8 Å². The summed E-state index contributed by atoms with van der Waals surface area (Å²) in [4.78, 5) is 4.46. The Bertz CT molecular complexity index is 1680. The van der Waals surface area contributed by atoms with Gasteiger partial charge in [-0.15, -0.1) is 5.10 Å². The zero-order valence-corrected chi connectivity index (χ0v) is 21.9. The summed E-state index contributed by atoms with van der Waals surface area (Å²) in [5.41, 5.74) is 3.12. The Morgan fingerprint density at radius 2 is 1.90 bits per heavy atom. The van der Waals surface area contributed by atoms with Crippen LogP contribution in [-0.4, -0.2) is 26.0 Å². The second-order valence-corrected chi connectivity index (χ2v) is 11.1. The number of nitriles is 2. The fraction of sp³-hybridized carbons (Fsp3) is 0.367. The Morgan fingerprint density at radius 1 is 1.13 bits per heavy atom. The average Bonchev–Trinajstić information content (AvgIpc) is 3.57. The zero-order chi connectivity index (χ0) is 28.1. The lowest BCUT2D eigenvalue weighted by Gasteiger charge is -2.29. The molecule has 6 rings (SSSR count). The van der Waals surface area contributed by atoms with Gasteiger partial charge in [-0.3, -0.25) is 4.98 Å². The largest absolute Gasteiger partial charge is 0.380 e. The molecule has 2 atom stereocenters. The summed E-state index contributed by atoms with van der Waals surface area (Å²) >= 11 is 0. The average molecular weight is 522 g/mol. The highest BCUT2D eigenvalue weighted by atomic mass is 19.1. The van der Waals surface area contributed by atoms with E-state index in [-0.39, 0.29) is 17.5 Å². The molecular weight excluding hydrogens is 491 g/mol. The molecule has 2 N–H and O–H groups in total. The summed E-state index contributed by atoms with van der Waals surface area (Å²) in [5, 5.41) is 36.1. The Labute approximate surface area is 227 Å². The van der Waals surface area contributed by atoms with E-state index in [9.17, 15) is 16.3 Å². The van der Waals surface area contributed by atoms with Crippen molar-refractivity contribution >= 4 is 22.3 Å². The van der Waals surface area contributed by atoms with E-state index < -0.39 is 11.8 Å². The van der Waals surface area contributed by atoms with Gasteiger partial charge in [-0.05, 0) is 60.9 Å². The third-order valence-corrected chi connectivity index (χ3v) is 7.88. The first-order valence-corrected chi connectivity index (χ1v) is 13.2. The first-order chi connectivity index (χ1) is 19.2. The van der Waals surface area contributed by atoms with E-state index in [0.717, 1.165) is 32.1 Å². The van der Waals surface area contributed by atoms with E-state index in [1.165, 1.54) is 18.3 Å². The SMILES string of the molecule is [2H][C@@](Nc1cc(C#N)c2ncc(C#N)c(NC3CCCC3(C)C)c2c1)(c1ccc(F)cc1)c1cn(C2CC2)nn1. The minimum Gasteiger partial charge on any atom is -0.380 e. The van der Waals surface area contributed by atoms with Crippen LogP contribution < -0.4 is 10.6 Å². The van der Waals surface area contributed by atoms with Gasteiger partial charge in [0.25, 0.3) is 0 Å². The first kappa shape index (κ1) is 23.6. The molecule has 0 aliphatic heterocycles. The van der Waals surface area contributed by atoms with E-state index in [0.29, 0.717) is 44.7 Å². The molecule has 2 aromatic heterocycles. The molecule has 9 heteroatoms. The molecule has 2 saturated carbocycles. The molecule has 4 aromatic rings. The highest BCUT2D eigenvalue weighted by Crippen LogP contribution is 2.41. The second kappa shape index (κ2) is 9.67. The number of halogens is 1. The van der Waals surface area contributed by atoms with E-state index >= 15 is 0 Å². The van der Waals surface area contributed by atoms with Gasteiger partial charge in [-0.2, -0.15) is 10.5 Å². The summed E-state index contributed by atoms with van der Waals surface area (Å²) in [5.74, 6) is -0.411. The van der Waals surface area contributed by atoms with Crippen LogP contribution in [0, 0.1) is 33.9 Å². The molecule has 2 aromatic carbocycles. The predicted molar refractivity (Wildman–Crippen MR) is 146 cm³/mol. The molecule has 1 unspecified atom stereocenters. The topological polar surface area (TPSA) is 115 Å². The highest BCUT2D eigenvalue weighted by molar-refractivity contribution is 5.99. The fourth-order valence-corrected chi connectivity index (χ4v) is 5.42. The van der Waals surface area contributed by atoms with Crippen molar-refractivity contribution < 1.29 is 5.76 Å². The molecule has 0 saturated heterocycles. The number of hydrogen-bond acceptors (Lipinski definition) is 7. The Balaban J connectivity index is 1.49. The second-order valence-electron chi connectivity index (χ2n) is 11.1. The third-order valence-electron chi connectivity index (χ3n) is 7.88. The van der Waals surface area contributed by atoms with Crippen LogP contribution in [0.25, 0.3) is 10.9 Å². The van der Waals surface area contributed by atoms with Gasteiger partial charge in [0.15, 0.2) is 0 Å². The number of aromatic nitrogens is 4.